The number of benzene rings is 1. The van der Waals surface area contributed by atoms with Crippen LogP contribution in [0.25, 0.3) is 0 Å². The molecular formula is C37H69IN2O2. The van der Waals surface area contributed by atoms with Gasteiger partial charge in [-0.05, 0) is 49.9 Å². The Morgan fingerprint density at radius 1 is 0.595 bits per heavy atom. The Labute approximate surface area is 279 Å². The van der Waals surface area contributed by atoms with Gasteiger partial charge >= 0.3 is 0 Å². The number of amides is 1. The van der Waals surface area contributed by atoms with E-state index < -0.39 is 0 Å². The zero-order valence-electron chi connectivity index (χ0n) is 28.3. The molecule has 0 bridgehead atoms. The van der Waals surface area contributed by atoms with Gasteiger partial charge < -0.3 is 38.5 Å². The molecule has 246 valence electrons. The van der Waals surface area contributed by atoms with Gasteiger partial charge in [-0.3, -0.25) is 4.79 Å². The molecule has 0 atom stereocenters. The van der Waals surface area contributed by atoms with Crippen molar-refractivity contribution < 1.29 is 38.0 Å². The quantitative estimate of drug-likeness (QED) is 0.0535. The fourth-order valence-electron chi connectivity index (χ4n) is 5.93. The zero-order valence-corrected chi connectivity index (χ0v) is 30.5. The molecule has 0 heterocycles. The van der Waals surface area contributed by atoms with E-state index in [0.717, 1.165) is 23.3 Å². The van der Waals surface area contributed by atoms with Crippen molar-refractivity contribution in [3.05, 3.63) is 29.8 Å². The fourth-order valence-corrected chi connectivity index (χ4v) is 5.93. The maximum atomic E-state index is 12.7. The van der Waals surface area contributed by atoms with Crippen LogP contribution in [0, 0.1) is 0 Å². The molecule has 0 saturated carbocycles. The Bertz CT molecular complexity index is 699. The van der Waals surface area contributed by atoms with Crippen LogP contribution in [0.5, 0.6) is 5.75 Å². The number of quaternary nitrogens is 1. The molecule has 4 nitrogen and oxygen atoms in total. The van der Waals surface area contributed by atoms with Gasteiger partial charge in [-0.15, -0.1) is 0 Å². The fraction of sp³-hybridized carbons (Fsp3) is 0.811. The number of nitrogens with one attached hydrogen (secondary N) is 1. The van der Waals surface area contributed by atoms with Gasteiger partial charge in [-0.1, -0.05) is 129 Å². The van der Waals surface area contributed by atoms with Gasteiger partial charge in [0, 0.05) is 5.56 Å². The molecule has 0 radical (unpaired) electrons. The van der Waals surface area contributed by atoms with Gasteiger partial charge in [0.25, 0.3) is 5.91 Å². The molecule has 0 spiro atoms. The maximum Gasteiger partial charge on any atom is 0.251 e. The molecule has 0 saturated heterocycles. The molecule has 5 heteroatoms. The minimum absolute atomic E-state index is 0. The zero-order chi connectivity index (χ0) is 29.9. The number of methoxy groups -OCH3 is 1. The largest absolute Gasteiger partial charge is 1.00 e. The number of ether oxygens (including phenoxy) is 1. The molecule has 1 N–H and O–H groups in total. The number of hydrogen-bond acceptors (Lipinski definition) is 2. The van der Waals surface area contributed by atoms with Crippen molar-refractivity contribution in [1.82, 2.24) is 5.32 Å². The summed E-state index contributed by atoms with van der Waals surface area (Å²) in [6, 6.07) is 7.40. The third-order valence-corrected chi connectivity index (χ3v) is 8.89. The Morgan fingerprint density at radius 3 is 1.31 bits per heavy atom. The van der Waals surface area contributed by atoms with Crippen molar-refractivity contribution in [1.29, 1.82) is 0 Å². The van der Waals surface area contributed by atoms with Crippen LogP contribution in [0.15, 0.2) is 24.3 Å². The number of likely N-dealkylation sites (N-methyl/N-ethyl adjacent to an activating group) is 1. The molecule has 0 unspecified atom stereocenters. The van der Waals surface area contributed by atoms with E-state index in [-0.39, 0.29) is 29.9 Å². The maximum absolute atomic E-state index is 12.7. The molecule has 0 aliphatic carbocycles. The summed E-state index contributed by atoms with van der Waals surface area (Å²) in [6.07, 6.45) is 30.6. The summed E-state index contributed by atoms with van der Waals surface area (Å²) >= 11 is 0. The third-order valence-electron chi connectivity index (χ3n) is 8.89. The van der Waals surface area contributed by atoms with Gasteiger partial charge in [-0.25, -0.2) is 0 Å². The molecule has 0 fully saturated rings. The number of carbonyl (C=O) groups excluding carboxylic acids is 1. The van der Waals surface area contributed by atoms with Crippen LogP contribution in [0.3, 0.4) is 0 Å². The van der Waals surface area contributed by atoms with Crippen LogP contribution >= 0.6 is 0 Å². The summed E-state index contributed by atoms with van der Waals surface area (Å²) in [5, 5.41) is 3.18. The summed E-state index contributed by atoms with van der Waals surface area (Å²) < 4.78 is 6.31. The first-order valence-electron chi connectivity index (χ1n) is 17.8. The SMILES string of the molecule is CCCCCCCCCCCCC[N+](C)(CCCCCCCCCCCCC)CCNC(=O)c1ccc(OC)cc1.[I-]. The summed E-state index contributed by atoms with van der Waals surface area (Å²) in [5.41, 5.74) is 0.704. The van der Waals surface area contributed by atoms with Crippen LogP contribution < -0.4 is 34.0 Å². The van der Waals surface area contributed by atoms with Crippen molar-refractivity contribution >= 4 is 5.91 Å². The second-order valence-corrected chi connectivity index (χ2v) is 12.8. The molecular weight excluding hydrogens is 631 g/mol. The van der Waals surface area contributed by atoms with E-state index in [1.807, 2.05) is 24.3 Å². The minimum Gasteiger partial charge on any atom is -1.00 e. The van der Waals surface area contributed by atoms with Crippen LogP contribution in [0.1, 0.15) is 165 Å². The molecule has 1 aromatic rings. The number of carbonyl (C=O) groups is 1. The Hall–Kier alpha value is -0.820. The van der Waals surface area contributed by atoms with E-state index in [0.29, 0.717) is 5.56 Å². The first-order valence-corrected chi connectivity index (χ1v) is 17.8. The van der Waals surface area contributed by atoms with Gasteiger partial charge in [-0.2, -0.15) is 0 Å². The molecule has 0 aromatic heterocycles. The van der Waals surface area contributed by atoms with E-state index in [2.05, 4.69) is 26.2 Å². The summed E-state index contributed by atoms with van der Waals surface area (Å²) in [4.78, 5) is 12.7. The van der Waals surface area contributed by atoms with Crippen molar-refractivity contribution in [2.75, 3.05) is 40.3 Å². The Balaban J connectivity index is 0.0000168. The van der Waals surface area contributed by atoms with Crippen molar-refractivity contribution in [2.45, 2.75) is 155 Å². The normalized spacial score (nSPS) is 11.3. The summed E-state index contributed by atoms with van der Waals surface area (Å²) in [6.45, 7) is 8.79. The van der Waals surface area contributed by atoms with Crippen molar-refractivity contribution in [2.24, 2.45) is 0 Å². The Morgan fingerprint density at radius 2 is 0.952 bits per heavy atom. The number of unbranched alkanes of at least 4 members (excludes halogenated alkanes) is 20. The average molecular weight is 701 g/mol. The smallest absolute Gasteiger partial charge is 0.251 e. The Kier molecular flexibility index (Phi) is 28.4. The lowest BCUT2D eigenvalue weighted by Crippen LogP contribution is -3.00. The van der Waals surface area contributed by atoms with Crippen molar-refractivity contribution in [3.63, 3.8) is 0 Å². The van der Waals surface area contributed by atoms with E-state index in [9.17, 15) is 4.79 Å². The molecule has 42 heavy (non-hydrogen) atoms. The van der Waals surface area contributed by atoms with E-state index in [1.165, 1.54) is 154 Å². The summed E-state index contributed by atoms with van der Waals surface area (Å²) in [5.74, 6) is 0.799. The van der Waals surface area contributed by atoms with Crippen LogP contribution in [0.2, 0.25) is 0 Å². The number of halogens is 1. The highest BCUT2D eigenvalue weighted by Crippen LogP contribution is 2.16. The number of rotatable bonds is 29. The standard InChI is InChI=1S/C37H68N2O2.HI/c1-5-7-9-11-13-15-17-19-21-23-25-32-39(3,33-26-24-22-20-18-16-14-12-10-8-6-2)34-31-38-37(40)35-27-29-36(41-4)30-28-35;/h27-30H,5-26,31-34H2,1-4H3;1H. The minimum atomic E-state index is 0. The monoisotopic (exact) mass is 700 g/mol. The van der Waals surface area contributed by atoms with E-state index >= 15 is 0 Å². The second kappa shape index (κ2) is 28.9. The van der Waals surface area contributed by atoms with E-state index in [4.69, 9.17) is 4.74 Å². The van der Waals surface area contributed by atoms with Crippen LogP contribution in [-0.4, -0.2) is 50.7 Å². The average Bonchev–Trinajstić information content (AvgIpc) is 2.98. The third kappa shape index (κ3) is 22.7. The molecule has 0 aliphatic rings. The number of nitrogens with zero attached hydrogens (tertiary/aromatic N) is 1. The highest BCUT2D eigenvalue weighted by atomic mass is 127. The first kappa shape index (κ1) is 41.2. The lowest BCUT2D eigenvalue weighted by molar-refractivity contribution is -0.908. The predicted octanol–water partition coefficient (Wildman–Crippen LogP) is 7.50. The second-order valence-electron chi connectivity index (χ2n) is 12.8. The molecule has 1 rings (SSSR count). The van der Waals surface area contributed by atoms with Gasteiger partial charge in [0.05, 0.1) is 40.3 Å². The predicted molar refractivity (Wildman–Crippen MR) is 179 cm³/mol. The van der Waals surface area contributed by atoms with Crippen LogP contribution in [-0.2, 0) is 0 Å². The van der Waals surface area contributed by atoms with Gasteiger partial charge in [0.15, 0.2) is 0 Å². The van der Waals surface area contributed by atoms with Crippen molar-refractivity contribution in [3.8, 4) is 5.75 Å². The van der Waals surface area contributed by atoms with E-state index in [1.54, 1.807) is 7.11 Å². The van der Waals surface area contributed by atoms with Crippen LogP contribution in [0.4, 0.5) is 0 Å². The molecule has 1 amide bonds. The number of hydrogen-bond donors (Lipinski definition) is 1. The first-order chi connectivity index (χ1) is 20.0. The summed E-state index contributed by atoms with van der Waals surface area (Å²) in [7, 11) is 4.07. The lowest BCUT2D eigenvalue weighted by atomic mass is 10.0. The topological polar surface area (TPSA) is 38.3 Å². The highest BCUT2D eigenvalue weighted by molar-refractivity contribution is 5.94. The molecule has 1 aromatic carbocycles. The van der Waals surface area contributed by atoms with Gasteiger partial charge in [0.2, 0.25) is 0 Å². The van der Waals surface area contributed by atoms with Gasteiger partial charge in [0.1, 0.15) is 5.75 Å². The lowest BCUT2D eigenvalue weighted by Gasteiger charge is -2.35. The molecule has 0 aliphatic heterocycles. The highest BCUT2D eigenvalue weighted by Gasteiger charge is 2.21.